The van der Waals surface area contributed by atoms with Crippen LogP contribution < -0.4 is 14.8 Å². The van der Waals surface area contributed by atoms with E-state index in [2.05, 4.69) is 19.3 Å². The highest BCUT2D eigenvalue weighted by Gasteiger charge is 2.07. The molecule has 2 N–H and O–H groups in total. The summed E-state index contributed by atoms with van der Waals surface area (Å²) in [6.07, 6.45) is 0. The highest BCUT2D eigenvalue weighted by Crippen LogP contribution is 2.26. The Balaban J connectivity index is 2.52. The molecular formula is C13H22NO2+. The fourth-order valence-electron chi connectivity index (χ4n) is 1.55. The third-order valence-corrected chi connectivity index (χ3v) is 2.31. The smallest absolute Gasteiger partial charge is 0.161 e. The van der Waals surface area contributed by atoms with E-state index in [1.165, 1.54) is 0 Å². The van der Waals surface area contributed by atoms with Gasteiger partial charge in [-0.2, -0.15) is 0 Å². The second-order valence-corrected chi connectivity index (χ2v) is 3.94. The van der Waals surface area contributed by atoms with Crippen LogP contribution in [0.25, 0.3) is 0 Å². The normalized spacial score (nSPS) is 12.2. The first-order valence-corrected chi connectivity index (χ1v) is 5.90. The summed E-state index contributed by atoms with van der Waals surface area (Å²) in [5, 5.41) is 2.17. The maximum atomic E-state index is 5.76. The molecule has 0 unspecified atom stereocenters. The van der Waals surface area contributed by atoms with Gasteiger partial charge in [0.25, 0.3) is 0 Å². The van der Waals surface area contributed by atoms with Crippen LogP contribution in [0.4, 0.5) is 0 Å². The quantitative estimate of drug-likeness (QED) is 0.757. The van der Waals surface area contributed by atoms with E-state index in [0.29, 0.717) is 12.5 Å². The molecule has 1 rings (SSSR count). The zero-order valence-corrected chi connectivity index (χ0v) is 10.4. The van der Waals surface area contributed by atoms with Crippen LogP contribution in [-0.4, -0.2) is 26.8 Å². The molecule has 0 heterocycles. The Kier molecular flexibility index (Phi) is 5.72. The lowest BCUT2D eigenvalue weighted by Gasteiger charge is -2.14. The standard InChI is InChI=1S/C13H21NO2/c1-4-15-12-7-5-6-8-13(12)16-10-11(2)9-14-3/h5-8,11,14H,4,9-10H2,1-3H3/p+1/t11-/m1/s1. The SMILES string of the molecule is CCOc1ccccc1OC[C@H](C)C[NH2+]C. The highest BCUT2D eigenvalue weighted by molar-refractivity contribution is 5.39. The van der Waals surface area contributed by atoms with Gasteiger partial charge in [0.2, 0.25) is 0 Å². The van der Waals surface area contributed by atoms with Gasteiger partial charge in [0.1, 0.15) is 0 Å². The maximum absolute atomic E-state index is 5.76. The summed E-state index contributed by atoms with van der Waals surface area (Å²) in [4.78, 5) is 0. The molecule has 1 aromatic carbocycles. The van der Waals surface area contributed by atoms with E-state index in [-0.39, 0.29) is 0 Å². The molecule has 1 atom stereocenters. The van der Waals surface area contributed by atoms with Crippen molar-refractivity contribution in [1.82, 2.24) is 0 Å². The van der Waals surface area contributed by atoms with Gasteiger partial charge in [-0.3, -0.25) is 0 Å². The van der Waals surface area contributed by atoms with E-state index >= 15 is 0 Å². The van der Waals surface area contributed by atoms with Gasteiger partial charge in [-0.25, -0.2) is 0 Å². The summed E-state index contributed by atoms with van der Waals surface area (Å²) >= 11 is 0. The number of hydrogen-bond donors (Lipinski definition) is 1. The topological polar surface area (TPSA) is 35.1 Å². The third kappa shape index (κ3) is 4.11. The van der Waals surface area contributed by atoms with E-state index in [4.69, 9.17) is 9.47 Å². The van der Waals surface area contributed by atoms with E-state index in [1.54, 1.807) is 0 Å². The lowest BCUT2D eigenvalue weighted by Crippen LogP contribution is -2.81. The van der Waals surface area contributed by atoms with Crippen LogP contribution >= 0.6 is 0 Å². The van der Waals surface area contributed by atoms with Crippen molar-refractivity contribution in [2.45, 2.75) is 13.8 Å². The number of rotatable bonds is 7. The van der Waals surface area contributed by atoms with Crippen molar-refractivity contribution in [3.05, 3.63) is 24.3 Å². The molecule has 0 aliphatic rings. The molecule has 0 radical (unpaired) electrons. The minimum atomic E-state index is 0.541. The lowest BCUT2D eigenvalue weighted by molar-refractivity contribution is -0.632. The molecule has 0 aromatic heterocycles. The van der Waals surface area contributed by atoms with Crippen LogP contribution in [0.15, 0.2) is 24.3 Å². The predicted octanol–water partition coefficient (Wildman–Crippen LogP) is 1.29. The summed E-state index contributed by atoms with van der Waals surface area (Å²) in [6, 6.07) is 7.82. The van der Waals surface area contributed by atoms with Crippen molar-refractivity contribution in [2.75, 3.05) is 26.8 Å². The third-order valence-electron chi connectivity index (χ3n) is 2.31. The van der Waals surface area contributed by atoms with Gasteiger partial charge in [-0.05, 0) is 19.1 Å². The van der Waals surface area contributed by atoms with Gasteiger partial charge in [-0.1, -0.05) is 19.1 Å². The van der Waals surface area contributed by atoms with Crippen molar-refractivity contribution >= 4 is 0 Å². The number of ether oxygens (including phenoxy) is 2. The van der Waals surface area contributed by atoms with E-state index < -0.39 is 0 Å². The fourth-order valence-corrected chi connectivity index (χ4v) is 1.55. The van der Waals surface area contributed by atoms with Gasteiger partial charge in [0, 0.05) is 5.92 Å². The molecule has 0 saturated heterocycles. The molecule has 16 heavy (non-hydrogen) atoms. The first-order valence-electron chi connectivity index (χ1n) is 5.90. The van der Waals surface area contributed by atoms with E-state index in [9.17, 15) is 0 Å². The van der Waals surface area contributed by atoms with Crippen molar-refractivity contribution in [1.29, 1.82) is 0 Å². The number of nitrogens with two attached hydrogens (primary N) is 1. The number of para-hydroxylation sites is 2. The Hall–Kier alpha value is -1.22. The van der Waals surface area contributed by atoms with Crippen molar-refractivity contribution in [3.63, 3.8) is 0 Å². The second kappa shape index (κ2) is 7.12. The molecule has 0 saturated carbocycles. The number of benzene rings is 1. The molecule has 3 nitrogen and oxygen atoms in total. The van der Waals surface area contributed by atoms with Gasteiger partial charge in [-0.15, -0.1) is 0 Å². The molecular weight excluding hydrogens is 202 g/mol. The largest absolute Gasteiger partial charge is 0.490 e. The lowest BCUT2D eigenvalue weighted by atomic mass is 10.2. The average Bonchev–Trinajstić information content (AvgIpc) is 2.29. The minimum Gasteiger partial charge on any atom is -0.490 e. The number of hydrogen-bond acceptors (Lipinski definition) is 2. The first kappa shape index (κ1) is 12.8. The average molecular weight is 224 g/mol. The van der Waals surface area contributed by atoms with Gasteiger partial charge >= 0.3 is 0 Å². The summed E-state index contributed by atoms with van der Waals surface area (Å²) in [7, 11) is 2.07. The monoisotopic (exact) mass is 224 g/mol. The predicted molar refractivity (Wildman–Crippen MR) is 65.0 cm³/mol. The van der Waals surface area contributed by atoms with Crippen LogP contribution in [0.5, 0.6) is 11.5 Å². The highest BCUT2D eigenvalue weighted by atomic mass is 16.5. The van der Waals surface area contributed by atoms with Crippen molar-refractivity contribution < 1.29 is 14.8 Å². The molecule has 0 spiro atoms. The molecule has 0 amide bonds. The fraction of sp³-hybridized carbons (Fsp3) is 0.538. The second-order valence-electron chi connectivity index (χ2n) is 3.94. The van der Waals surface area contributed by atoms with Crippen molar-refractivity contribution in [3.8, 4) is 11.5 Å². The molecule has 3 heteroatoms. The zero-order valence-electron chi connectivity index (χ0n) is 10.4. The Morgan fingerprint density at radius 3 is 2.38 bits per heavy atom. The Labute approximate surface area is 97.8 Å². The van der Waals surface area contributed by atoms with Crippen LogP contribution in [0, 0.1) is 5.92 Å². The Bertz CT molecular complexity index is 302. The summed E-state index contributed by atoms with van der Waals surface area (Å²) < 4.78 is 11.3. The van der Waals surface area contributed by atoms with Crippen LogP contribution in [0.3, 0.4) is 0 Å². The Morgan fingerprint density at radius 2 is 1.81 bits per heavy atom. The molecule has 0 bridgehead atoms. The summed E-state index contributed by atoms with van der Waals surface area (Å²) in [5.41, 5.74) is 0. The first-order chi connectivity index (χ1) is 7.77. The minimum absolute atomic E-state index is 0.541. The molecule has 0 fully saturated rings. The van der Waals surface area contributed by atoms with Crippen molar-refractivity contribution in [2.24, 2.45) is 5.92 Å². The van der Waals surface area contributed by atoms with Gasteiger partial charge in [0.15, 0.2) is 11.5 Å². The molecule has 90 valence electrons. The van der Waals surface area contributed by atoms with Crippen LogP contribution in [0.2, 0.25) is 0 Å². The Morgan fingerprint density at radius 1 is 1.19 bits per heavy atom. The van der Waals surface area contributed by atoms with E-state index in [1.807, 2.05) is 31.2 Å². The maximum Gasteiger partial charge on any atom is 0.161 e. The van der Waals surface area contributed by atoms with Crippen LogP contribution in [-0.2, 0) is 0 Å². The molecule has 1 aromatic rings. The zero-order chi connectivity index (χ0) is 11.8. The summed E-state index contributed by atoms with van der Waals surface area (Å²) in [5.74, 6) is 2.21. The van der Waals surface area contributed by atoms with E-state index in [0.717, 1.165) is 24.7 Å². The van der Waals surface area contributed by atoms with Gasteiger partial charge < -0.3 is 14.8 Å². The molecule has 0 aliphatic heterocycles. The molecule has 0 aliphatic carbocycles. The summed E-state index contributed by atoms with van der Waals surface area (Å²) in [6.45, 7) is 6.64. The van der Waals surface area contributed by atoms with Gasteiger partial charge in [0.05, 0.1) is 26.8 Å². The van der Waals surface area contributed by atoms with Crippen LogP contribution in [0.1, 0.15) is 13.8 Å². The number of quaternary nitrogens is 1.